The number of nitrogens with one attached hydrogen (secondary N) is 1. The van der Waals surface area contributed by atoms with Crippen LogP contribution in [0.1, 0.15) is 26.0 Å². The predicted molar refractivity (Wildman–Crippen MR) is 83.6 cm³/mol. The lowest BCUT2D eigenvalue weighted by atomic mass is 10.2. The quantitative estimate of drug-likeness (QED) is 0.600. The van der Waals surface area contributed by atoms with E-state index in [1.807, 2.05) is 18.2 Å². The van der Waals surface area contributed by atoms with Crippen LogP contribution in [0.3, 0.4) is 0 Å². The minimum atomic E-state index is 0.517. The Morgan fingerprint density at radius 2 is 2.00 bits per heavy atom. The average Bonchev–Trinajstić information content (AvgIpc) is 2.46. The topological polar surface area (TPSA) is 52.6 Å². The van der Waals surface area contributed by atoms with E-state index in [0.29, 0.717) is 31.6 Å². The van der Waals surface area contributed by atoms with E-state index in [1.165, 1.54) is 0 Å². The van der Waals surface area contributed by atoms with Gasteiger partial charge in [0.05, 0.1) is 12.3 Å². The Morgan fingerprint density at radius 1 is 1.14 bits per heavy atom. The number of aromatic nitrogens is 1. The molecule has 0 aliphatic rings. The van der Waals surface area contributed by atoms with Crippen molar-refractivity contribution < 1.29 is 14.2 Å². The molecule has 0 unspecified atom stereocenters. The van der Waals surface area contributed by atoms with Crippen LogP contribution in [0, 0.1) is 5.92 Å². The molecule has 0 saturated carbocycles. The van der Waals surface area contributed by atoms with Crippen molar-refractivity contribution >= 4 is 0 Å². The minimum Gasteiger partial charge on any atom is -0.475 e. The fraction of sp³-hybridized carbons (Fsp3) is 0.688. The number of ether oxygens (including phenoxy) is 3. The summed E-state index contributed by atoms with van der Waals surface area (Å²) < 4.78 is 16.0. The molecule has 0 aromatic carbocycles. The minimum absolute atomic E-state index is 0.517. The summed E-state index contributed by atoms with van der Waals surface area (Å²) in [6.45, 7) is 8.64. The van der Waals surface area contributed by atoms with Gasteiger partial charge in [-0.1, -0.05) is 19.9 Å². The van der Waals surface area contributed by atoms with Gasteiger partial charge in [-0.15, -0.1) is 0 Å². The molecular formula is C16H28N2O3. The molecule has 1 aromatic rings. The number of methoxy groups -OCH3 is 1. The zero-order valence-corrected chi connectivity index (χ0v) is 13.4. The molecule has 5 heteroatoms. The molecule has 0 aliphatic heterocycles. The molecule has 0 radical (unpaired) electrons. The molecule has 0 fully saturated rings. The zero-order chi connectivity index (χ0) is 15.3. The molecule has 0 spiro atoms. The van der Waals surface area contributed by atoms with Crippen molar-refractivity contribution in [1.29, 1.82) is 0 Å². The Bertz CT molecular complexity index is 372. The highest BCUT2D eigenvalue weighted by Crippen LogP contribution is 2.07. The first kappa shape index (κ1) is 17.9. The van der Waals surface area contributed by atoms with Gasteiger partial charge >= 0.3 is 0 Å². The molecular weight excluding hydrogens is 268 g/mol. The summed E-state index contributed by atoms with van der Waals surface area (Å²) in [4.78, 5) is 4.46. The monoisotopic (exact) mass is 296 g/mol. The van der Waals surface area contributed by atoms with Gasteiger partial charge in [-0.05, 0) is 24.9 Å². The largest absolute Gasteiger partial charge is 0.475 e. The number of nitrogens with zero attached hydrogens (tertiary/aromatic N) is 1. The summed E-state index contributed by atoms with van der Waals surface area (Å²) in [5, 5.41) is 3.37. The molecule has 1 rings (SSSR count). The first-order chi connectivity index (χ1) is 10.2. The van der Waals surface area contributed by atoms with E-state index in [4.69, 9.17) is 14.2 Å². The molecule has 1 heterocycles. The Morgan fingerprint density at radius 3 is 2.76 bits per heavy atom. The SMILES string of the molecule is COCCCOCCOc1cccc(CNCC(C)C)n1. The lowest BCUT2D eigenvalue weighted by Gasteiger charge is -2.09. The second kappa shape index (κ2) is 11.5. The standard InChI is InChI=1S/C16H28N2O3/c1-14(2)12-17-13-15-6-4-7-16(18-15)21-11-10-20-9-5-8-19-3/h4,6-7,14,17H,5,8-13H2,1-3H3. The van der Waals surface area contributed by atoms with Crippen LogP contribution in [0.2, 0.25) is 0 Å². The van der Waals surface area contributed by atoms with Gasteiger partial charge in [-0.25, -0.2) is 4.98 Å². The highest BCUT2D eigenvalue weighted by molar-refractivity contribution is 5.15. The first-order valence-corrected chi connectivity index (χ1v) is 7.58. The van der Waals surface area contributed by atoms with Crippen molar-refractivity contribution in [2.24, 2.45) is 5.92 Å². The molecule has 21 heavy (non-hydrogen) atoms. The van der Waals surface area contributed by atoms with Gasteiger partial charge in [0.25, 0.3) is 0 Å². The van der Waals surface area contributed by atoms with Gasteiger partial charge in [0.1, 0.15) is 6.61 Å². The van der Waals surface area contributed by atoms with Crippen LogP contribution in [0.5, 0.6) is 5.88 Å². The van der Waals surface area contributed by atoms with Gasteiger partial charge in [-0.3, -0.25) is 0 Å². The Balaban J connectivity index is 2.17. The van der Waals surface area contributed by atoms with Crippen LogP contribution < -0.4 is 10.1 Å². The van der Waals surface area contributed by atoms with Crippen LogP contribution >= 0.6 is 0 Å². The van der Waals surface area contributed by atoms with E-state index in [0.717, 1.165) is 31.8 Å². The molecule has 1 aromatic heterocycles. The number of hydrogen-bond donors (Lipinski definition) is 1. The summed E-state index contributed by atoms with van der Waals surface area (Å²) >= 11 is 0. The molecule has 0 bridgehead atoms. The highest BCUT2D eigenvalue weighted by atomic mass is 16.5. The maximum absolute atomic E-state index is 5.59. The van der Waals surface area contributed by atoms with Gasteiger partial charge in [0, 0.05) is 32.9 Å². The maximum atomic E-state index is 5.59. The second-order valence-electron chi connectivity index (χ2n) is 5.30. The number of rotatable bonds is 12. The summed E-state index contributed by atoms with van der Waals surface area (Å²) in [5.41, 5.74) is 0.995. The first-order valence-electron chi connectivity index (χ1n) is 7.58. The third-order valence-corrected chi connectivity index (χ3v) is 2.75. The van der Waals surface area contributed by atoms with E-state index in [-0.39, 0.29) is 0 Å². The van der Waals surface area contributed by atoms with Crippen LogP contribution in [0.4, 0.5) is 0 Å². The fourth-order valence-corrected chi connectivity index (χ4v) is 1.74. The summed E-state index contributed by atoms with van der Waals surface area (Å²) in [7, 11) is 1.69. The van der Waals surface area contributed by atoms with Crippen molar-refractivity contribution in [3.05, 3.63) is 23.9 Å². The molecule has 120 valence electrons. The number of pyridine rings is 1. The normalized spacial score (nSPS) is 11.0. The van der Waals surface area contributed by atoms with Crippen molar-refractivity contribution in [3.8, 4) is 5.88 Å². The maximum Gasteiger partial charge on any atom is 0.213 e. The highest BCUT2D eigenvalue weighted by Gasteiger charge is 2.00. The van der Waals surface area contributed by atoms with Crippen molar-refractivity contribution in [1.82, 2.24) is 10.3 Å². The molecule has 0 atom stereocenters. The molecule has 1 N–H and O–H groups in total. The fourth-order valence-electron chi connectivity index (χ4n) is 1.74. The van der Waals surface area contributed by atoms with Crippen LogP contribution in [-0.4, -0.2) is 45.1 Å². The van der Waals surface area contributed by atoms with Crippen molar-refractivity contribution in [2.75, 3.05) is 40.1 Å². The Kier molecular flexibility index (Phi) is 9.78. The summed E-state index contributed by atoms with van der Waals surface area (Å²) in [6, 6.07) is 5.84. The summed E-state index contributed by atoms with van der Waals surface area (Å²) in [5.74, 6) is 1.29. The lowest BCUT2D eigenvalue weighted by molar-refractivity contribution is 0.0795. The van der Waals surface area contributed by atoms with E-state index in [2.05, 4.69) is 24.1 Å². The average molecular weight is 296 g/mol. The lowest BCUT2D eigenvalue weighted by Crippen LogP contribution is -2.19. The van der Waals surface area contributed by atoms with Crippen LogP contribution in [-0.2, 0) is 16.0 Å². The third-order valence-electron chi connectivity index (χ3n) is 2.75. The summed E-state index contributed by atoms with van der Waals surface area (Å²) in [6.07, 6.45) is 0.908. The zero-order valence-electron chi connectivity index (χ0n) is 13.4. The molecule has 0 saturated heterocycles. The van der Waals surface area contributed by atoms with E-state index in [9.17, 15) is 0 Å². The van der Waals surface area contributed by atoms with E-state index in [1.54, 1.807) is 7.11 Å². The number of hydrogen-bond acceptors (Lipinski definition) is 5. The van der Waals surface area contributed by atoms with E-state index < -0.39 is 0 Å². The van der Waals surface area contributed by atoms with Crippen molar-refractivity contribution in [2.45, 2.75) is 26.8 Å². The Hall–Kier alpha value is -1.17. The van der Waals surface area contributed by atoms with Crippen LogP contribution in [0.25, 0.3) is 0 Å². The molecule has 0 aliphatic carbocycles. The van der Waals surface area contributed by atoms with Gasteiger partial charge in [-0.2, -0.15) is 0 Å². The van der Waals surface area contributed by atoms with Gasteiger partial charge < -0.3 is 19.5 Å². The van der Waals surface area contributed by atoms with E-state index >= 15 is 0 Å². The smallest absolute Gasteiger partial charge is 0.213 e. The second-order valence-corrected chi connectivity index (χ2v) is 5.30. The third kappa shape index (κ3) is 9.39. The Labute approximate surface area is 128 Å². The van der Waals surface area contributed by atoms with Crippen LogP contribution in [0.15, 0.2) is 18.2 Å². The van der Waals surface area contributed by atoms with Crippen molar-refractivity contribution in [3.63, 3.8) is 0 Å². The molecule has 5 nitrogen and oxygen atoms in total. The molecule has 0 amide bonds. The predicted octanol–water partition coefficient (Wildman–Crippen LogP) is 2.26. The van der Waals surface area contributed by atoms with Gasteiger partial charge in [0.2, 0.25) is 5.88 Å². The van der Waals surface area contributed by atoms with Gasteiger partial charge in [0.15, 0.2) is 0 Å².